The van der Waals surface area contributed by atoms with Gasteiger partial charge in [-0.15, -0.1) is 0 Å². The third kappa shape index (κ3) is 1.76. The van der Waals surface area contributed by atoms with E-state index < -0.39 is 0 Å². The first kappa shape index (κ1) is 13.0. The smallest absolute Gasteiger partial charge is 0.00955 e. The van der Waals surface area contributed by atoms with E-state index in [2.05, 4.69) is 60.7 Å². The minimum Gasteiger partial charge on any atom is -0.0854 e. The molecule has 0 heterocycles. The summed E-state index contributed by atoms with van der Waals surface area (Å²) in [6.07, 6.45) is 6.91. The van der Waals surface area contributed by atoms with E-state index in [0.29, 0.717) is 10.8 Å². The second-order valence-corrected chi connectivity index (χ2v) is 7.64. The molecule has 0 aromatic heterocycles. The Bertz CT molecular complexity index is 449. The zero-order valence-electron chi connectivity index (χ0n) is 11.5. The van der Waals surface area contributed by atoms with Crippen LogP contribution < -0.4 is 0 Å². The number of rotatable bonds is 1. The molecule has 0 bridgehead atoms. The van der Waals surface area contributed by atoms with Crippen LogP contribution in [0.1, 0.15) is 50.7 Å². The van der Waals surface area contributed by atoms with Gasteiger partial charge in [-0.25, -0.2) is 0 Å². The summed E-state index contributed by atoms with van der Waals surface area (Å²) in [5.41, 5.74) is 4.31. The molecule has 1 heteroatoms. The van der Waals surface area contributed by atoms with Crippen LogP contribution in [0.25, 0.3) is 0 Å². The van der Waals surface area contributed by atoms with Crippen LogP contribution in [-0.4, -0.2) is 4.43 Å². The van der Waals surface area contributed by atoms with Gasteiger partial charge >= 0.3 is 0 Å². The van der Waals surface area contributed by atoms with Gasteiger partial charge in [-0.2, -0.15) is 0 Å². The van der Waals surface area contributed by atoms with E-state index in [1.54, 1.807) is 11.1 Å². The van der Waals surface area contributed by atoms with E-state index >= 15 is 0 Å². The molecule has 0 amide bonds. The van der Waals surface area contributed by atoms with Gasteiger partial charge in [0.05, 0.1) is 0 Å². The molecule has 0 aliphatic heterocycles. The average molecular weight is 354 g/mol. The second-order valence-electron chi connectivity index (χ2n) is 6.88. The van der Waals surface area contributed by atoms with Crippen molar-refractivity contribution >= 4 is 22.6 Å². The maximum absolute atomic E-state index is 2.65. The summed E-state index contributed by atoms with van der Waals surface area (Å²) in [6, 6.07) is 9.24. The molecule has 1 aromatic carbocycles. The highest BCUT2D eigenvalue weighted by Gasteiger charge is 2.51. The Hall–Kier alpha value is -0.0500. The summed E-state index contributed by atoms with van der Waals surface area (Å²) in [4.78, 5) is 0. The molecule has 0 saturated heterocycles. The fourth-order valence-electron chi connectivity index (χ4n) is 4.70. The van der Waals surface area contributed by atoms with E-state index in [1.807, 2.05) is 0 Å². The molecule has 2 aliphatic carbocycles. The first-order chi connectivity index (χ1) is 8.60. The summed E-state index contributed by atoms with van der Waals surface area (Å²) in [5.74, 6) is 0.880. The van der Waals surface area contributed by atoms with Crippen LogP contribution in [0.2, 0.25) is 0 Å². The lowest BCUT2D eigenvalue weighted by Crippen LogP contribution is -2.50. The third-order valence-corrected chi connectivity index (χ3v) is 6.91. The predicted octanol–water partition coefficient (Wildman–Crippen LogP) is 5.13. The Morgan fingerprint density at radius 3 is 2.78 bits per heavy atom. The molecule has 98 valence electrons. The van der Waals surface area contributed by atoms with Crippen LogP contribution in [0.3, 0.4) is 0 Å². The van der Waals surface area contributed by atoms with Gasteiger partial charge in [0, 0.05) is 9.84 Å². The fourth-order valence-corrected chi connectivity index (χ4v) is 6.02. The third-order valence-electron chi connectivity index (χ3n) is 5.55. The fraction of sp³-hybridized carbons (Fsp3) is 0.647. The van der Waals surface area contributed by atoms with Gasteiger partial charge in [-0.3, -0.25) is 0 Å². The van der Waals surface area contributed by atoms with Crippen molar-refractivity contribution in [2.75, 3.05) is 4.43 Å². The van der Waals surface area contributed by atoms with Crippen molar-refractivity contribution in [1.82, 2.24) is 0 Å². The van der Waals surface area contributed by atoms with E-state index in [9.17, 15) is 0 Å². The molecule has 3 rings (SSSR count). The summed E-state index contributed by atoms with van der Waals surface area (Å²) < 4.78 is 1.29. The summed E-state index contributed by atoms with van der Waals surface area (Å²) in [6.45, 7) is 5.01. The van der Waals surface area contributed by atoms with Crippen LogP contribution in [0.5, 0.6) is 0 Å². The molecular weight excluding hydrogens is 331 g/mol. The van der Waals surface area contributed by atoms with Gasteiger partial charge in [0.1, 0.15) is 0 Å². The lowest BCUT2D eigenvalue weighted by molar-refractivity contribution is 0.0452. The first-order valence-electron chi connectivity index (χ1n) is 7.24. The van der Waals surface area contributed by atoms with Crippen LogP contribution >= 0.6 is 22.6 Å². The summed E-state index contributed by atoms with van der Waals surface area (Å²) >= 11 is 2.65. The highest BCUT2D eigenvalue weighted by molar-refractivity contribution is 14.1. The predicted molar refractivity (Wildman–Crippen MR) is 86.5 cm³/mol. The van der Waals surface area contributed by atoms with Crippen LogP contribution in [-0.2, 0) is 11.8 Å². The van der Waals surface area contributed by atoms with Gasteiger partial charge in [0.2, 0.25) is 0 Å². The molecule has 1 unspecified atom stereocenters. The SMILES string of the molecule is CC1(C)CCCC2(CI)c3ccccc3CC[C@H]12. The maximum atomic E-state index is 2.65. The van der Waals surface area contributed by atoms with Crippen molar-refractivity contribution in [2.24, 2.45) is 11.3 Å². The topological polar surface area (TPSA) is 0 Å². The molecule has 1 fully saturated rings. The molecule has 1 saturated carbocycles. The Kier molecular flexibility index (Phi) is 3.24. The van der Waals surface area contributed by atoms with Crippen molar-refractivity contribution in [3.05, 3.63) is 35.4 Å². The minimum atomic E-state index is 0.469. The van der Waals surface area contributed by atoms with Crippen molar-refractivity contribution in [3.63, 3.8) is 0 Å². The van der Waals surface area contributed by atoms with Crippen molar-refractivity contribution in [2.45, 2.75) is 51.4 Å². The molecule has 0 spiro atoms. The molecule has 1 aromatic rings. The molecule has 0 radical (unpaired) electrons. The van der Waals surface area contributed by atoms with E-state index in [0.717, 1.165) is 5.92 Å². The second kappa shape index (κ2) is 4.50. The zero-order chi connectivity index (χ0) is 12.8. The maximum Gasteiger partial charge on any atom is 0.00955 e. The van der Waals surface area contributed by atoms with Crippen molar-refractivity contribution < 1.29 is 0 Å². The Balaban J connectivity index is 2.14. The summed E-state index contributed by atoms with van der Waals surface area (Å²) in [7, 11) is 0. The molecule has 2 aliphatic rings. The van der Waals surface area contributed by atoms with Gasteiger partial charge in [-0.05, 0) is 48.1 Å². The number of fused-ring (bicyclic) bond motifs is 3. The molecule has 0 N–H and O–H groups in total. The van der Waals surface area contributed by atoms with Crippen LogP contribution in [0.15, 0.2) is 24.3 Å². The van der Waals surface area contributed by atoms with Crippen molar-refractivity contribution in [3.8, 4) is 0 Å². The van der Waals surface area contributed by atoms with Gasteiger partial charge in [0.25, 0.3) is 0 Å². The quantitative estimate of drug-likeness (QED) is 0.484. The standard InChI is InChI=1S/C17H23I/c1-16(2)10-5-11-17(12-18)14-7-4-3-6-13(14)8-9-15(16)17/h3-4,6-7,15H,5,8-12H2,1-2H3/t15-,17?/m1/s1. The number of aryl methyl sites for hydroxylation is 1. The molecule has 2 atom stereocenters. The summed E-state index contributed by atoms with van der Waals surface area (Å²) in [5, 5.41) is 0. The lowest BCUT2D eigenvalue weighted by Gasteiger charge is -2.55. The van der Waals surface area contributed by atoms with E-state index in [-0.39, 0.29) is 0 Å². The van der Waals surface area contributed by atoms with Gasteiger partial charge in [0.15, 0.2) is 0 Å². The van der Waals surface area contributed by atoms with E-state index in [4.69, 9.17) is 0 Å². The van der Waals surface area contributed by atoms with Gasteiger partial charge < -0.3 is 0 Å². The van der Waals surface area contributed by atoms with Crippen LogP contribution in [0.4, 0.5) is 0 Å². The highest BCUT2D eigenvalue weighted by atomic mass is 127. The molecule has 18 heavy (non-hydrogen) atoms. The van der Waals surface area contributed by atoms with E-state index in [1.165, 1.54) is 36.5 Å². The number of alkyl halides is 1. The average Bonchev–Trinajstić information content (AvgIpc) is 2.38. The van der Waals surface area contributed by atoms with Crippen molar-refractivity contribution in [1.29, 1.82) is 0 Å². The highest BCUT2D eigenvalue weighted by Crippen LogP contribution is 2.57. The van der Waals surface area contributed by atoms with Gasteiger partial charge in [-0.1, -0.05) is 67.1 Å². The Morgan fingerprint density at radius 2 is 2.00 bits per heavy atom. The number of hydrogen-bond donors (Lipinski definition) is 0. The molecular formula is C17H23I. The largest absolute Gasteiger partial charge is 0.0854 e. The number of halogens is 1. The van der Waals surface area contributed by atoms with Crippen LogP contribution in [0, 0.1) is 11.3 Å². The first-order valence-corrected chi connectivity index (χ1v) is 8.77. The Morgan fingerprint density at radius 1 is 1.22 bits per heavy atom. The number of hydrogen-bond acceptors (Lipinski definition) is 0. The molecule has 0 nitrogen and oxygen atoms in total. The lowest BCUT2D eigenvalue weighted by atomic mass is 9.50. The zero-order valence-corrected chi connectivity index (χ0v) is 13.7. The Labute approximate surface area is 125 Å². The number of benzene rings is 1. The minimum absolute atomic E-state index is 0.469. The monoisotopic (exact) mass is 354 g/mol. The normalized spacial score (nSPS) is 33.6.